The van der Waals surface area contributed by atoms with E-state index >= 15 is 0 Å². The lowest BCUT2D eigenvalue weighted by Crippen LogP contribution is -2.47. The molecule has 0 bridgehead atoms. The Kier molecular flexibility index (Phi) is 9.15. The average Bonchev–Trinajstić information content (AvgIpc) is 2.82. The fourth-order valence-electron chi connectivity index (χ4n) is 3.87. The first kappa shape index (κ1) is 27.7. The number of carbonyl (C=O) groups excluding carboxylic acids is 1. The van der Waals surface area contributed by atoms with Crippen LogP contribution in [0.1, 0.15) is 46.1 Å². The molecule has 1 saturated heterocycles. The molecule has 36 heavy (non-hydrogen) atoms. The number of hydrogen-bond acceptors (Lipinski definition) is 9. The van der Waals surface area contributed by atoms with Gasteiger partial charge in [0.05, 0.1) is 28.3 Å². The lowest BCUT2D eigenvalue weighted by Gasteiger charge is -2.34. The van der Waals surface area contributed by atoms with Crippen molar-refractivity contribution in [3.05, 3.63) is 42.0 Å². The number of aromatic nitrogens is 1. The molecule has 1 aromatic heterocycles. The Labute approximate surface area is 211 Å². The molecule has 1 amide bonds. The van der Waals surface area contributed by atoms with Crippen LogP contribution in [0.15, 0.2) is 41.3 Å². The van der Waals surface area contributed by atoms with Crippen molar-refractivity contribution < 1.29 is 37.4 Å². The van der Waals surface area contributed by atoms with E-state index < -0.39 is 26.9 Å². The van der Waals surface area contributed by atoms with Crippen LogP contribution >= 0.6 is 0 Å². The van der Waals surface area contributed by atoms with E-state index in [1.807, 2.05) is 27.7 Å². The van der Waals surface area contributed by atoms with Crippen LogP contribution in [0.5, 0.6) is 17.5 Å². The second-order valence-electron chi connectivity index (χ2n) is 9.34. The molecule has 1 fully saturated rings. The van der Waals surface area contributed by atoms with E-state index in [-0.39, 0.29) is 49.8 Å². The standard InChI is InChI=1S/C25H34N2O8S/c1-17(2)34-22-13-20(14-23(26-22)35-18(3)4)33-15-19-5-7-21(8-6-19)36(30,31)16-25(24(28)27-29)9-11-32-12-10-25/h5-8,13-14,17-18,29H,9-12,15-16H2,1-4H3,(H,27,28). The summed E-state index contributed by atoms with van der Waals surface area (Å²) in [5.74, 6) is 0.143. The van der Waals surface area contributed by atoms with Crippen LogP contribution in [0.25, 0.3) is 0 Å². The molecule has 3 rings (SSSR count). The predicted octanol–water partition coefficient (Wildman–Crippen LogP) is 3.31. The highest BCUT2D eigenvalue weighted by Gasteiger charge is 2.44. The zero-order valence-electron chi connectivity index (χ0n) is 21.0. The summed E-state index contributed by atoms with van der Waals surface area (Å²) in [5.41, 5.74) is 1.13. The summed E-state index contributed by atoms with van der Waals surface area (Å²) < 4.78 is 48.8. The van der Waals surface area contributed by atoms with Gasteiger partial charge in [-0.3, -0.25) is 10.0 Å². The summed E-state index contributed by atoms with van der Waals surface area (Å²) >= 11 is 0. The Bertz CT molecular complexity index is 1100. The molecule has 0 radical (unpaired) electrons. The zero-order chi connectivity index (χ0) is 26.3. The highest BCUT2D eigenvalue weighted by atomic mass is 32.2. The maximum absolute atomic E-state index is 13.1. The van der Waals surface area contributed by atoms with E-state index in [9.17, 15) is 13.2 Å². The largest absolute Gasteiger partial charge is 0.489 e. The van der Waals surface area contributed by atoms with Crippen LogP contribution in [0.3, 0.4) is 0 Å². The first-order valence-electron chi connectivity index (χ1n) is 11.9. The van der Waals surface area contributed by atoms with Crippen molar-refractivity contribution in [3.8, 4) is 17.5 Å². The van der Waals surface area contributed by atoms with Crippen LogP contribution in [0, 0.1) is 5.41 Å². The number of hydroxylamine groups is 1. The van der Waals surface area contributed by atoms with Crippen molar-refractivity contribution in [1.29, 1.82) is 0 Å². The molecule has 10 nitrogen and oxygen atoms in total. The molecule has 198 valence electrons. The lowest BCUT2D eigenvalue weighted by atomic mass is 9.81. The number of benzene rings is 1. The monoisotopic (exact) mass is 522 g/mol. The van der Waals surface area contributed by atoms with Crippen LogP contribution in [-0.4, -0.2) is 55.7 Å². The van der Waals surface area contributed by atoms with Crippen molar-refractivity contribution in [3.63, 3.8) is 0 Å². The molecule has 1 aliphatic heterocycles. The third kappa shape index (κ3) is 7.31. The minimum absolute atomic E-state index is 0.0714. The van der Waals surface area contributed by atoms with Crippen LogP contribution < -0.4 is 19.7 Å². The van der Waals surface area contributed by atoms with E-state index in [0.29, 0.717) is 17.5 Å². The second kappa shape index (κ2) is 11.9. The highest BCUT2D eigenvalue weighted by molar-refractivity contribution is 7.91. The van der Waals surface area contributed by atoms with Crippen molar-refractivity contribution in [2.45, 2.75) is 64.2 Å². The fourth-order valence-corrected chi connectivity index (χ4v) is 5.73. The Morgan fingerprint density at radius 3 is 2.11 bits per heavy atom. The first-order valence-corrected chi connectivity index (χ1v) is 13.5. The number of amides is 1. The Morgan fingerprint density at radius 1 is 1.06 bits per heavy atom. The molecular weight excluding hydrogens is 488 g/mol. The number of hydrogen-bond donors (Lipinski definition) is 2. The third-order valence-electron chi connectivity index (χ3n) is 5.65. The normalized spacial score (nSPS) is 15.5. The molecule has 0 unspecified atom stereocenters. The van der Waals surface area contributed by atoms with Gasteiger partial charge >= 0.3 is 0 Å². The smallest absolute Gasteiger partial charge is 0.250 e. The van der Waals surface area contributed by atoms with Crippen molar-refractivity contribution >= 4 is 15.7 Å². The molecule has 11 heteroatoms. The molecule has 1 aliphatic rings. The van der Waals surface area contributed by atoms with E-state index in [4.69, 9.17) is 24.2 Å². The lowest BCUT2D eigenvalue weighted by molar-refractivity contribution is -0.143. The Morgan fingerprint density at radius 2 is 1.61 bits per heavy atom. The van der Waals surface area contributed by atoms with E-state index in [1.165, 1.54) is 12.1 Å². The zero-order valence-corrected chi connectivity index (χ0v) is 21.8. The molecule has 0 spiro atoms. The SMILES string of the molecule is CC(C)Oc1cc(OCc2ccc(S(=O)(=O)CC3(C(=O)NO)CCOCC3)cc2)cc(OC(C)C)n1. The highest BCUT2D eigenvalue weighted by Crippen LogP contribution is 2.34. The molecule has 2 heterocycles. The number of sulfone groups is 1. The fraction of sp³-hybridized carbons (Fsp3) is 0.520. The van der Waals surface area contributed by atoms with Gasteiger partial charge < -0.3 is 18.9 Å². The topological polar surface area (TPSA) is 133 Å². The predicted molar refractivity (Wildman–Crippen MR) is 131 cm³/mol. The number of pyridine rings is 1. The summed E-state index contributed by atoms with van der Waals surface area (Å²) in [7, 11) is -3.80. The van der Waals surface area contributed by atoms with Crippen LogP contribution in [0.4, 0.5) is 0 Å². The van der Waals surface area contributed by atoms with Crippen LogP contribution in [-0.2, 0) is 26.0 Å². The molecular formula is C25H34N2O8S. The summed E-state index contributed by atoms with van der Waals surface area (Å²) in [4.78, 5) is 16.7. The third-order valence-corrected chi connectivity index (χ3v) is 7.58. The first-order chi connectivity index (χ1) is 17.0. The van der Waals surface area contributed by atoms with Gasteiger partial charge in [-0.2, -0.15) is 4.98 Å². The summed E-state index contributed by atoms with van der Waals surface area (Å²) in [6.07, 6.45) is 0.277. The minimum atomic E-state index is -3.80. The Balaban J connectivity index is 1.72. The maximum Gasteiger partial charge on any atom is 0.250 e. The van der Waals surface area contributed by atoms with Crippen molar-refractivity contribution in [2.24, 2.45) is 5.41 Å². The van der Waals surface area contributed by atoms with Crippen molar-refractivity contribution in [1.82, 2.24) is 10.5 Å². The number of ether oxygens (including phenoxy) is 4. The van der Waals surface area contributed by atoms with Gasteiger partial charge in [-0.25, -0.2) is 13.9 Å². The molecule has 0 saturated carbocycles. The van der Waals surface area contributed by atoms with Gasteiger partial charge in [0.25, 0.3) is 5.91 Å². The quantitative estimate of drug-likeness (QED) is 0.337. The summed E-state index contributed by atoms with van der Waals surface area (Å²) in [5, 5.41) is 9.16. The van der Waals surface area contributed by atoms with Gasteiger partial charge in [0.1, 0.15) is 12.4 Å². The average molecular weight is 523 g/mol. The molecule has 1 aromatic carbocycles. The van der Waals surface area contributed by atoms with Gasteiger partial charge in [-0.05, 0) is 58.2 Å². The number of carbonyl (C=O) groups is 1. The van der Waals surface area contributed by atoms with Gasteiger partial charge in [-0.1, -0.05) is 12.1 Å². The number of nitrogens with zero attached hydrogens (tertiary/aromatic N) is 1. The van der Waals surface area contributed by atoms with Crippen LogP contribution in [0.2, 0.25) is 0 Å². The number of rotatable bonds is 11. The number of nitrogens with one attached hydrogen (secondary N) is 1. The summed E-state index contributed by atoms with van der Waals surface area (Å²) in [6.45, 7) is 8.27. The Hall–Kier alpha value is -2.89. The summed E-state index contributed by atoms with van der Waals surface area (Å²) in [6, 6.07) is 9.65. The maximum atomic E-state index is 13.1. The molecule has 0 aliphatic carbocycles. The molecule has 0 atom stereocenters. The van der Waals surface area contributed by atoms with Gasteiger partial charge in [0.15, 0.2) is 9.84 Å². The van der Waals surface area contributed by atoms with E-state index in [0.717, 1.165) is 5.56 Å². The second-order valence-corrected chi connectivity index (χ2v) is 11.3. The van der Waals surface area contributed by atoms with Gasteiger partial charge in [0.2, 0.25) is 11.8 Å². The van der Waals surface area contributed by atoms with Crippen molar-refractivity contribution in [2.75, 3.05) is 19.0 Å². The molecule has 2 aromatic rings. The van der Waals surface area contributed by atoms with Gasteiger partial charge in [0, 0.05) is 25.3 Å². The van der Waals surface area contributed by atoms with E-state index in [2.05, 4.69) is 4.98 Å². The van der Waals surface area contributed by atoms with E-state index in [1.54, 1.807) is 29.7 Å². The van der Waals surface area contributed by atoms with Gasteiger partial charge in [-0.15, -0.1) is 0 Å². The molecule has 2 N–H and O–H groups in total. The minimum Gasteiger partial charge on any atom is -0.489 e.